The normalized spacial score (nSPS) is 10.6. The summed E-state index contributed by atoms with van der Waals surface area (Å²) < 4.78 is 0. The number of carbonyl (C=O) groups excluding carboxylic acids is 1. The molecular weight excluding hydrogens is 212 g/mol. The Morgan fingerprint density at radius 2 is 1.82 bits per heavy atom. The van der Waals surface area contributed by atoms with Crippen molar-refractivity contribution < 1.29 is 4.79 Å². The summed E-state index contributed by atoms with van der Waals surface area (Å²) in [4.78, 5) is 14.1. The summed E-state index contributed by atoms with van der Waals surface area (Å²) in [6.45, 7) is 6.73. The molecule has 1 aromatic carbocycles. The molecule has 0 spiro atoms. The fourth-order valence-corrected chi connectivity index (χ4v) is 2.04. The predicted octanol–water partition coefficient (Wildman–Crippen LogP) is 3.06. The minimum atomic E-state index is 0.0922. The van der Waals surface area contributed by atoms with E-state index in [2.05, 4.69) is 0 Å². The molecule has 0 aliphatic carbocycles. The Morgan fingerprint density at radius 1 is 1.24 bits per heavy atom. The van der Waals surface area contributed by atoms with E-state index in [1.807, 2.05) is 45.0 Å². The van der Waals surface area contributed by atoms with Gasteiger partial charge in [-0.2, -0.15) is 0 Å². The van der Waals surface area contributed by atoms with Crippen molar-refractivity contribution in [3.8, 4) is 0 Å². The number of hydrogen-bond donors (Lipinski definition) is 1. The van der Waals surface area contributed by atoms with Crippen LogP contribution in [0.3, 0.4) is 0 Å². The summed E-state index contributed by atoms with van der Waals surface area (Å²) in [6, 6.07) is 7.53. The number of benzene rings is 1. The van der Waals surface area contributed by atoms with E-state index in [9.17, 15) is 4.79 Å². The van der Waals surface area contributed by atoms with Crippen LogP contribution in [-0.4, -0.2) is 12.5 Å². The van der Waals surface area contributed by atoms with Crippen LogP contribution in [0.4, 0.5) is 11.4 Å². The third-order valence-electron chi connectivity index (χ3n) is 3.14. The molecule has 0 atom stereocenters. The molecule has 17 heavy (non-hydrogen) atoms. The average molecular weight is 234 g/mol. The zero-order chi connectivity index (χ0) is 12.8. The van der Waals surface area contributed by atoms with Gasteiger partial charge in [0.1, 0.15) is 0 Å². The smallest absolute Gasteiger partial charge is 0.230 e. The van der Waals surface area contributed by atoms with Gasteiger partial charge in [-0.3, -0.25) is 4.79 Å². The van der Waals surface area contributed by atoms with Gasteiger partial charge in [0.15, 0.2) is 0 Å². The second-order valence-electron chi connectivity index (χ2n) is 4.15. The van der Waals surface area contributed by atoms with Crippen molar-refractivity contribution in [2.45, 2.75) is 33.6 Å². The summed E-state index contributed by atoms with van der Waals surface area (Å²) in [5.74, 6) is 0.268. The Morgan fingerprint density at radius 3 is 2.29 bits per heavy atom. The molecule has 0 aliphatic heterocycles. The van der Waals surface area contributed by atoms with Crippen LogP contribution in [0.15, 0.2) is 24.3 Å². The van der Waals surface area contributed by atoms with Gasteiger partial charge in [-0.25, -0.2) is 0 Å². The van der Waals surface area contributed by atoms with Crippen LogP contribution in [-0.2, 0) is 4.79 Å². The SMILES string of the molecule is CCC(CC)C(=O)N(CC)c1ccccc1N. The number of hydrogen-bond acceptors (Lipinski definition) is 2. The highest BCUT2D eigenvalue weighted by Crippen LogP contribution is 2.25. The molecule has 0 bridgehead atoms. The van der Waals surface area contributed by atoms with Gasteiger partial charge in [-0.15, -0.1) is 0 Å². The number of rotatable bonds is 5. The van der Waals surface area contributed by atoms with Crippen LogP contribution in [0, 0.1) is 5.92 Å². The molecule has 0 saturated carbocycles. The molecule has 0 aliphatic rings. The van der Waals surface area contributed by atoms with Crippen molar-refractivity contribution in [2.24, 2.45) is 5.92 Å². The second-order valence-corrected chi connectivity index (χ2v) is 4.15. The highest BCUT2D eigenvalue weighted by Gasteiger charge is 2.22. The molecule has 1 rings (SSSR count). The Hall–Kier alpha value is -1.51. The summed E-state index contributed by atoms with van der Waals surface area (Å²) in [5.41, 5.74) is 7.41. The molecule has 3 nitrogen and oxygen atoms in total. The van der Waals surface area contributed by atoms with Crippen LogP contribution < -0.4 is 10.6 Å². The zero-order valence-electron chi connectivity index (χ0n) is 10.9. The number of amides is 1. The van der Waals surface area contributed by atoms with E-state index in [4.69, 9.17) is 5.73 Å². The van der Waals surface area contributed by atoms with Crippen LogP contribution in [0.1, 0.15) is 33.6 Å². The number of nitrogen functional groups attached to an aromatic ring is 1. The molecule has 0 unspecified atom stereocenters. The number of carbonyl (C=O) groups is 1. The highest BCUT2D eigenvalue weighted by atomic mass is 16.2. The van der Waals surface area contributed by atoms with E-state index in [1.165, 1.54) is 0 Å². The fourth-order valence-electron chi connectivity index (χ4n) is 2.04. The fraction of sp³-hybridized carbons (Fsp3) is 0.500. The first-order valence-electron chi connectivity index (χ1n) is 6.31. The van der Waals surface area contributed by atoms with E-state index in [0.717, 1.165) is 18.5 Å². The van der Waals surface area contributed by atoms with Gasteiger partial charge in [0.2, 0.25) is 5.91 Å². The number of nitrogens with zero attached hydrogens (tertiary/aromatic N) is 1. The van der Waals surface area contributed by atoms with Crippen molar-refractivity contribution in [1.29, 1.82) is 0 Å². The average Bonchev–Trinajstić information content (AvgIpc) is 2.34. The lowest BCUT2D eigenvalue weighted by Crippen LogP contribution is -2.36. The lowest BCUT2D eigenvalue weighted by Gasteiger charge is -2.26. The second kappa shape index (κ2) is 6.28. The van der Waals surface area contributed by atoms with Crippen LogP contribution >= 0.6 is 0 Å². The van der Waals surface area contributed by atoms with Gasteiger partial charge < -0.3 is 10.6 Å². The number of nitrogens with two attached hydrogens (primary N) is 1. The van der Waals surface area contributed by atoms with E-state index < -0.39 is 0 Å². The number of anilines is 2. The van der Waals surface area contributed by atoms with Crippen molar-refractivity contribution in [1.82, 2.24) is 0 Å². The molecule has 0 radical (unpaired) electrons. The lowest BCUT2D eigenvalue weighted by molar-refractivity contribution is -0.122. The van der Waals surface area contributed by atoms with Crippen LogP contribution in [0.25, 0.3) is 0 Å². The van der Waals surface area contributed by atoms with E-state index in [0.29, 0.717) is 12.2 Å². The molecule has 0 saturated heterocycles. The lowest BCUT2D eigenvalue weighted by atomic mass is 10.0. The molecule has 2 N–H and O–H groups in total. The maximum Gasteiger partial charge on any atom is 0.230 e. The largest absolute Gasteiger partial charge is 0.397 e. The molecule has 1 amide bonds. The van der Waals surface area contributed by atoms with Crippen LogP contribution in [0.5, 0.6) is 0 Å². The predicted molar refractivity (Wildman–Crippen MR) is 73.0 cm³/mol. The van der Waals surface area contributed by atoms with E-state index in [1.54, 1.807) is 4.90 Å². The quantitative estimate of drug-likeness (QED) is 0.796. The first-order chi connectivity index (χ1) is 8.15. The van der Waals surface area contributed by atoms with Crippen molar-refractivity contribution >= 4 is 17.3 Å². The van der Waals surface area contributed by atoms with Gasteiger partial charge in [-0.05, 0) is 31.9 Å². The summed E-state index contributed by atoms with van der Waals surface area (Å²) in [5, 5.41) is 0. The molecule has 0 aromatic heterocycles. The molecular formula is C14H22N2O. The van der Waals surface area contributed by atoms with Crippen molar-refractivity contribution in [3.63, 3.8) is 0 Å². The summed E-state index contributed by atoms with van der Waals surface area (Å²) in [7, 11) is 0. The highest BCUT2D eigenvalue weighted by molar-refractivity contribution is 5.97. The van der Waals surface area contributed by atoms with Gasteiger partial charge in [0.05, 0.1) is 11.4 Å². The van der Waals surface area contributed by atoms with E-state index in [-0.39, 0.29) is 11.8 Å². The molecule has 3 heteroatoms. The van der Waals surface area contributed by atoms with Gasteiger partial charge in [0.25, 0.3) is 0 Å². The first-order valence-corrected chi connectivity index (χ1v) is 6.31. The third kappa shape index (κ3) is 2.99. The Bertz CT molecular complexity index is 372. The van der Waals surface area contributed by atoms with Crippen molar-refractivity contribution in [2.75, 3.05) is 17.2 Å². The van der Waals surface area contributed by atoms with Crippen LogP contribution in [0.2, 0.25) is 0 Å². The molecule has 0 fully saturated rings. The van der Waals surface area contributed by atoms with Gasteiger partial charge >= 0.3 is 0 Å². The van der Waals surface area contributed by atoms with Gasteiger partial charge in [0, 0.05) is 12.5 Å². The standard InChI is InChI=1S/C14H22N2O/c1-4-11(5-2)14(17)16(6-3)13-10-8-7-9-12(13)15/h7-11H,4-6,15H2,1-3H3. The topological polar surface area (TPSA) is 46.3 Å². The minimum Gasteiger partial charge on any atom is -0.397 e. The molecule has 94 valence electrons. The Kier molecular flexibility index (Phi) is 5.01. The summed E-state index contributed by atoms with van der Waals surface area (Å²) in [6.07, 6.45) is 1.75. The van der Waals surface area contributed by atoms with Gasteiger partial charge in [-0.1, -0.05) is 26.0 Å². The molecule has 1 aromatic rings. The Balaban J connectivity index is 3.00. The summed E-state index contributed by atoms with van der Waals surface area (Å²) >= 11 is 0. The Labute approximate surface area is 104 Å². The maximum atomic E-state index is 12.4. The minimum absolute atomic E-state index is 0.0922. The third-order valence-corrected chi connectivity index (χ3v) is 3.14. The zero-order valence-corrected chi connectivity index (χ0v) is 10.9. The monoisotopic (exact) mass is 234 g/mol. The molecule has 0 heterocycles. The maximum absolute atomic E-state index is 12.4. The van der Waals surface area contributed by atoms with E-state index >= 15 is 0 Å². The number of para-hydroxylation sites is 2. The van der Waals surface area contributed by atoms with Crippen molar-refractivity contribution in [3.05, 3.63) is 24.3 Å². The first kappa shape index (κ1) is 13.6.